The number of methoxy groups -OCH3 is 1. The van der Waals surface area contributed by atoms with Crippen LogP contribution in [0.4, 0.5) is 0 Å². The van der Waals surface area contributed by atoms with Gasteiger partial charge in [0, 0.05) is 26.4 Å². The van der Waals surface area contributed by atoms with Gasteiger partial charge < -0.3 is 14.8 Å². The molecule has 0 amide bonds. The van der Waals surface area contributed by atoms with Crippen molar-refractivity contribution in [2.75, 3.05) is 20.3 Å². The number of rotatable bonds is 8. The summed E-state index contributed by atoms with van der Waals surface area (Å²) in [5.74, 6) is 0.751. The number of hydrogen-bond donors (Lipinski definition) is 1. The van der Waals surface area contributed by atoms with Gasteiger partial charge in [0.15, 0.2) is 0 Å². The summed E-state index contributed by atoms with van der Waals surface area (Å²) < 4.78 is 10.7. The lowest BCUT2D eigenvalue weighted by Gasteiger charge is -2.08. The predicted octanol–water partition coefficient (Wildman–Crippen LogP) is 2.10. The van der Waals surface area contributed by atoms with Gasteiger partial charge in [-0.3, -0.25) is 9.97 Å². The molecule has 1 N–H and O–H groups in total. The van der Waals surface area contributed by atoms with Crippen LogP contribution in [0.2, 0.25) is 0 Å². The van der Waals surface area contributed by atoms with Crippen LogP contribution in [0.3, 0.4) is 0 Å². The highest BCUT2D eigenvalue weighted by molar-refractivity contribution is 5.22. The van der Waals surface area contributed by atoms with E-state index in [1.54, 1.807) is 19.5 Å². The fourth-order valence-corrected chi connectivity index (χ4v) is 1.81. The molecule has 0 bridgehead atoms. The number of aryl methyl sites for hydroxylation is 1. The molecule has 0 aliphatic heterocycles. The minimum absolute atomic E-state index is 0.458. The molecule has 0 spiro atoms. The molecule has 2 heterocycles. The Morgan fingerprint density at radius 3 is 2.81 bits per heavy atom. The van der Waals surface area contributed by atoms with E-state index in [-0.39, 0.29) is 0 Å². The first-order valence-electron chi connectivity index (χ1n) is 6.97. The van der Waals surface area contributed by atoms with Crippen LogP contribution >= 0.6 is 0 Å². The maximum Gasteiger partial charge on any atom is 0.138 e. The zero-order chi connectivity index (χ0) is 14.9. The Morgan fingerprint density at radius 2 is 2.10 bits per heavy atom. The maximum absolute atomic E-state index is 5.71. The Balaban J connectivity index is 1.81. The average Bonchev–Trinajstić information content (AvgIpc) is 2.52. The minimum atomic E-state index is 0.458. The molecule has 0 fully saturated rings. The molecule has 5 nitrogen and oxygen atoms in total. The molecule has 5 heteroatoms. The lowest BCUT2D eigenvalue weighted by Crippen LogP contribution is -2.19. The van der Waals surface area contributed by atoms with Crippen molar-refractivity contribution in [3.8, 4) is 5.75 Å². The molecule has 21 heavy (non-hydrogen) atoms. The summed E-state index contributed by atoms with van der Waals surface area (Å²) >= 11 is 0. The second-order valence-electron chi connectivity index (χ2n) is 4.71. The summed E-state index contributed by atoms with van der Waals surface area (Å²) in [5, 5.41) is 3.25. The third-order valence-corrected chi connectivity index (χ3v) is 3.08. The molecule has 2 aromatic heterocycles. The van der Waals surface area contributed by atoms with E-state index in [1.807, 2.05) is 31.2 Å². The summed E-state index contributed by atoms with van der Waals surface area (Å²) in [6.07, 6.45) is 3.52. The molecule has 2 aromatic rings. The number of ether oxygens (including phenoxy) is 2. The SMILES string of the molecule is COCCNCc1ccc(OCc2ncccc2C)cn1. The van der Waals surface area contributed by atoms with Gasteiger partial charge in [0.05, 0.1) is 24.2 Å². The van der Waals surface area contributed by atoms with Crippen molar-refractivity contribution < 1.29 is 9.47 Å². The molecule has 0 atom stereocenters. The molecule has 0 aromatic carbocycles. The standard InChI is InChI=1S/C16H21N3O2/c1-13-4-3-7-18-16(13)12-21-15-6-5-14(19-11-15)10-17-8-9-20-2/h3-7,11,17H,8-10,12H2,1-2H3. The number of nitrogens with one attached hydrogen (secondary N) is 1. The fourth-order valence-electron chi connectivity index (χ4n) is 1.81. The first-order chi connectivity index (χ1) is 10.3. The zero-order valence-corrected chi connectivity index (χ0v) is 12.5. The van der Waals surface area contributed by atoms with E-state index in [0.717, 1.165) is 35.8 Å². The molecule has 0 aliphatic carbocycles. The Morgan fingerprint density at radius 1 is 1.19 bits per heavy atom. The topological polar surface area (TPSA) is 56.3 Å². The van der Waals surface area contributed by atoms with Crippen LogP contribution in [0.1, 0.15) is 17.0 Å². The van der Waals surface area contributed by atoms with Crippen molar-refractivity contribution in [2.45, 2.75) is 20.1 Å². The third-order valence-electron chi connectivity index (χ3n) is 3.08. The lowest BCUT2D eigenvalue weighted by molar-refractivity contribution is 0.199. The van der Waals surface area contributed by atoms with Crippen LogP contribution in [0.15, 0.2) is 36.7 Å². The number of nitrogens with zero attached hydrogens (tertiary/aromatic N) is 2. The van der Waals surface area contributed by atoms with Gasteiger partial charge in [-0.2, -0.15) is 0 Å². The van der Waals surface area contributed by atoms with Gasteiger partial charge in [-0.15, -0.1) is 0 Å². The largest absolute Gasteiger partial charge is 0.486 e. The third kappa shape index (κ3) is 5.13. The van der Waals surface area contributed by atoms with Crippen molar-refractivity contribution in [2.24, 2.45) is 0 Å². The Labute approximate surface area is 125 Å². The molecule has 0 saturated heterocycles. The van der Waals surface area contributed by atoms with Crippen molar-refractivity contribution in [3.05, 3.63) is 53.6 Å². The van der Waals surface area contributed by atoms with Crippen molar-refractivity contribution in [1.29, 1.82) is 0 Å². The van der Waals surface area contributed by atoms with Crippen LogP contribution in [0.25, 0.3) is 0 Å². The summed E-state index contributed by atoms with van der Waals surface area (Å²) in [6, 6.07) is 7.84. The van der Waals surface area contributed by atoms with E-state index in [9.17, 15) is 0 Å². The summed E-state index contributed by atoms with van der Waals surface area (Å²) in [7, 11) is 1.69. The van der Waals surface area contributed by atoms with Gasteiger partial charge in [-0.1, -0.05) is 6.07 Å². The summed E-state index contributed by atoms with van der Waals surface area (Å²) in [5.41, 5.74) is 3.06. The first kappa shape index (κ1) is 15.4. The lowest BCUT2D eigenvalue weighted by atomic mass is 10.2. The highest BCUT2D eigenvalue weighted by atomic mass is 16.5. The zero-order valence-electron chi connectivity index (χ0n) is 12.5. The van der Waals surface area contributed by atoms with Gasteiger partial charge in [-0.25, -0.2) is 0 Å². The molecular formula is C16H21N3O2. The molecular weight excluding hydrogens is 266 g/mol. The molecule has 0 radical (unpaired) electrons. The Bertz CT molecular complexity index is 543. The summed E-state index contributed by atoms with van der Waals surface area (Å²) in [4.78, 5) is 8.66. The average molecular weight is 287 g/mol. The van der Waals surface area contributed by atoms with Gasteiger partial charge in [0.2, 0.25) is 0 Å². The van der Waals surface area contributed by atoms with E-state index < -0.39 is 0 Å². The van der Waals surface area contributed by atoms with E-state index in [1.165, 1.54) is 0 Å². The van der Waals surface area contributed by atoms with Crippen LogP contribution in [0.5, 0.6) is 5.75 Å². The van der Waals surface area contributed by atoms with Crippen molar-refractivity contribution in [1.82, 2.24) is 15.3 Å². The molecule has 2 rings (SSSR count). The highest BCUT2D eigenvalue weighted by Crippen LogP contribution is 2.12. The quantitative estimate of drug-likeness (QED) is 0.754. The van der Waals surface area contributed by atoms with Crippen LogP contribution < -0.4 is 10.1 Å². The smallest absolute Gasteiger partial charge is 0.138 e. The van der Waals surface area contributed by atoms with E-state index in [4.69, 9.17) is 9.47 Å². The summed E-state index contributed by atoms with van der Waals surface area (Å²) in [6.45, 7) is 4.72. The van der Waals surface area contributed by atoms with Crippen molar-refractivity contribution in [3.63, 3.8) is 0 Å². The normalized spacial score (nSPS) is 10.6. The highest BCUT2D eigenvalue weighted by Gasteiger charge is 2.01. The molecule has 112 valence electrons. The predicted molar refractivity (Wildman–Crippen MR) is 81.1 cm³/mol. The second kappa shape index (κ2) is 8.34. The first-order valence-corrected chi connectivity index (χ1v) is 6.97. The fraction of sp³-hybridized carbons (Fsp3) is 0.375. The Hall–Kier alpha value is -1.98. The van der Waals surface area contributed by atoms with Gasteiger partial charge in [-0.05, 0) is 30.7 Å². The van der Waals surface area contributed by atoms with Crippen LogP contribution in [-0.4, -0.2) is 30.2 Å². The van der Waals surface area contributed by atoms with Gasteiger partial charge in [0.25, 0.3) is 0 Å². The Kier molecular flexibility index (Phi) is 6.12. The van der Waals surface area contributed by atoms with Gasteiger partial charge in [0.1, 0.15) is 12.4 Å². The number of hydrogen-bond acceptors (Lipinski definition) is 5. The van der Waals surface area contributed by atoms with E-state index in [2.05, 4.69) is 15.3 Å². The van der Waals surface area contributed by atoms with Crippen molar-refractivity contribution >= 4 is 0 Å². The van der Waals surface area contributed by atoms with Crippen LogP contribution in [-0.2, 0) is 17.9 Å². The number of aromatic nitrogens is 2. The minimum Gasteiger partial charge on any atom is -0.486 e. The molecule has 0 unspecified atom stereocenters. The second-order valence-corrected chi connectivity index (χ2v) is 4.71. The van der Waals surface area contributed by atoms with E-state index in [0.29, 0.717) is 13.2 Å². The van der Waals surface area contributed by atoms with Crippen LogP contribution in [0, 0.1) is 6.92 Å². The molecule has 0 saturated carbocycles. The molecule has 0 aliphatic rings. The van der Waals surface area contributed by atoms with E-state index >= 15 is 0 Å². The number of pyridine rings is 2. The van der Waals surface area contributed by atoms with Gasteiger partial charge >= 0.3 is 0 Å². The maximum atomic E-state index is 5.71. The monoisotopic (exact) mass is 287 g/mol.